The normalized spacial score (nSPS) is 23.8. The highest BCUT2D eigenvalue weighted by atomic mass is 16.5. The summed E-state index contributed by atoms with van der Waals surface area (Å²) in [6.45, 7) is 0.729. The number of fused-ring (bicyclic) bond motifs is 1. The van der Waals surface area contributed by atoms with E-state index >= 15 is 0 Å². The number of aliphatic imine (C=N–C) groups is 1. The number of rotatable bonds is 2. The molecule has 4 nitrogen and oxygen atoms in total. The van der Waals surface area contributed by atoms with Crippen molar-refractivity contribution in [2.45, 2.75) is 44.1 Å². The Morgan fingerprint density at radius 1 is 1.21 bits per heavy atom. The Hall–Kier alpha value is -1.55. The van der Waals surface area contributed by atoms with Crippen molar-refractivity contribution in [1.82, 2.24) is 5.43 Å². The molecule has 0 radical (unpaired) electrons. The van der Waals surface area contributed by atoms with Gasteiger partial charge in [-0.25, -0.2) is 5.84 Å². The van der Waals surface area contributed by atoms with Gasteiger partial charge in [-0.2, -0.15) is 0 Å². The lowest BCUT2D eigenvalue weighted by atomic mass is 9.92. The summed E-state index contributed by atoms with van der Waals surface area (Å²) in [6, 6.07) is 8.63. The maximum atomic E-state index is 5.72. The molecule has 1 saturated carbocycles. The molecule has 1 unspecified atom stereocenters. The molecule has 1 aliphatic heterocycles. The largest absolute Gasteiger partial charge is 0.493 e. The van der Waals surface area contributed by atoms with Crippen molar-refractivity contribution in [3.8, 4) is 5.75 Å². The molecule has 1 aliphatic carbocycles. The SMILES string of the molecule is NNC(=NC1CCCC1)C1CCOc2ccccc21. The van der Waals surface area contributed by atoms with Crippen LogP contribution in [0.5, 0.6) is 5.75 Å². The summed E-state index contributed by atoms with van der Waals surface area (Å²) in [5.74, 6) is 7.85. The number of nitrogens with zero attached hydrogens (tertiary/aromatic N) is 1. The van der Waals surface area contributed by atoms with Gasteiger partial charge in [-0.3, -0.25) is 4.99 Å². The van der Waals surface area contributed by atoms with E-state index in [4.69, 9.17) is 15.6 Å². The first kappa shape index (κ1) is 12.5. The van der Waals surface area contributed by atoms with Gasteiger partial charge < -0.3 is 10.2 Å². The van der Waals surface area contributed by atoms with Gasteiger partial charge in [0.15, 0.2) is 0 Å². The number of ether oxygens (including phenoxy) is 1. The van der Waals surface area contributed by atoms with Crippen LogP contribution in [0.1, 0.15) is 43.6 Å². The molecule has 0 spiro atoms. The van der Waals surface area contributed by atoms with E-state index in [1.807, 2.05) is 18.2 Å². The Labute approximate surface area is 114 Å². The lowest BCUT2D eigenvalue weighted by molar-refractivity contribution is 0.281. The van der Waals surface area contributed by atoms with Gasteiger partial charge in [0, 0.05) is 11.5 Å². The van der Waals surface area contributed by atoms with Crippen LogP contribution in [0.3, 0.4) is 0 Å². The monoisotopic (exact) mass is 259 g/mol. The fourth-order valence-corrected chi connectivity index (χ4v) is 3.08. The second-order valence-electron chi connectivity index (χ2n) is 5.32. The fraction of sp³-hybridized carbons (Fsp3) is 0.533. The number of benzene rings is 1. The molecular weight excluding hydrogens is 238 g/mol. The quantitative estimate of drug-likeness (QED) is 0.371. The molecule has 102 valence electrons. The molecule has 0 bridgehead atoms. The highest BCUT2D eigenvalue weighted by Crippen LogP contribution is 2.34. The molecular formula is C15H21N3O. The number of hydrogen-bond acceptors (Lipinski definition) is 3. The second kappa shape index (κ2) is 5.61. The van der Waals surface area contributed by atoms with Crippen LogP contribution in [0.15, 0.2) is 29.3 Å². The van der Waals surface area contributed by atoms with Crippen molar-refractivity contribution in [2.75, 3.05) is 6.61 Å². The number of amidine groups is 1. The van der Waals surface area contributed by atoms with Gasteiger partial charge in [0.25, 0.3) is 0 Å². The molecule has 1 atom stereocenters. The van der Waals surface area contributed by atoms with Crippen LogP contribution >= 0.6 is 0 Å². The molecule has 3 N–H and O–H groups in total. The Morgan fingerprint density at radius 3 is 2.79 bits per heavy atom. The topological polar surface area (TPSA) is 59.6 Å². The van der Waals surface area contributed by atoms with E-state index < -0.39 is 0 Å². The van der Waals surface area contributed by atoms with E-state index in [9.17, 15) is 0 Å². The average molecular weight is 259 g/mol. The van der Waals surface area contributed by atoms with Crippen LogP contribution in [0.2, 0.25) is 0 Å². The minimum atomic E-state index is 0.246. The fourth-order valence-electron chi connectivity index (χ4n) is 3.08. The Morgan fingerprint density at radius 2 is 2.00 bits per heavy atom. The molecule has 1 fully saturated rings. The van der Waals surface area contributed by atoms with E-state index in [0.717, 1.165) is 24.6 Å². The van der Waals surface area contributed by atoms with Gasteiger partial charge in [-0.1, -0.05) is 31.0 Å². The Balaban J connectivity index is 1.88. The average Bonchev–Trinajstić information content (AvgIpc) is 2.97. The van der Waals surface area contributed by atoms with E-state index in [1.165, 1.54) is 31.2 Å². The standard InChI is InChI=1S/C15H21N3O/c16-18-15(17-11-5-1-2-6-11)13-9-10-19-14-8-4-3-7-12(13)14/h3-4,7-8,11,13H,1-2,5-6,9-10,16H2,(H,17,18). The van der Waals surface area contributed by atoms with Gasteiger partial charge in [-0.15, -0.1) is 0 Å². The zero-order valence-corrected chi connectivity index (χ0v) is 11.1. The third-order valence-electron chi connectivity index (χ3n) is 4.08. The minimum absolute atomic E-state index is 0.246. The zero-order chi connectivity index (χ0) is 13.1. The Kier molecular flexibility index (Phi) is 3.69. The summed E-state index contributed by atoms with van der Waals surface area (Å²) >= 11 is 0. The predicted molar refractivity (Wildman–Crippen MR) is 76.3 cm³/mol. The summed E-state index contributed by atoms with van der Waals surface area (Å²) in [5.41, 5.74) is 4.03. The van der Waals surface area contributed by atoms with Crippen molar-refractivity contribution in [3.05, 3.63) is 29.8 Å². The molecule has 0 amide bonds. The summed E-state index contributed by atoms with van der Waals surface area (Å²) in [4.78, 5) is 4.84. The van der Waals surface area contributed by atoms with Crippen LogP contribution in [0.4, 0.5) is 0 Å². The molecule has 0 aromatic heterocycles. The number of nitrogens with one attached hydrogen (secondary N) is 1. The summed E-state index contributed by atoms with van der Waals surface area (Å²) in [5, 5.41) is 0. The van der Waals surface area contributed by atoms with Crippen molar-refractivity contribution < 1.29 is 4.74 Å². The molecule has 2 aliphatic rings. The molecule has 1 aromatic carbocycles. The Bertz CT molecular complexity index is 466. The van der Waals surface area contributed by atoms with E-state index in [1.54, 1.807) is 0 Å². The van der Waals surface area contributed by atoms with E-state index in [2.05, 4.69) is 11.5 Å². The number of para-hydroxylation sites is 1. The van der Waals surface area contributed by atoms with Crippen LogP contribution < -0.4 is 16.0 Å². The van der Waals surface area contributed by atoms with Crippen LogP contribution in [0.25, 0.3) is 0 Å². The lowest BCUT2D eigenvalue weighted by Crippen LogP contribution is -2.38. The van der Waals surface area contributed by atoms with E-state index in [-0.39, 0.29) is 5.92 Å². The van der Waals surface area contributed by atoms with Gasteiger partial charge in [0.05, 0.1) is 12.6 Å². The molecule has 1 heterocycles. The number of nitrogens with two attached hydrogens (primary N) is 1. The third kappa shape index (κ3) is 2.59. The molecule has 0 saturated heterocycles. The molecule has 4 heteroatoms. The first-order chi connectivity index (χ1) is 9.38. The molecule has 19 heavy (non-hydrogen) atoms. The second-order valence-corrected chi connectivity index (χ2v) is 5.32. The molecule has 3 rings (SSSR count). The van der Waals surface area contributed by atoms with Crippen molar-refractivity contribution in [1.29, 1.82) is 0 Å². The van der Waals surface area contributed by atoms with Crippen molar-refractivity contribution in [2.24, 2.45) is 10.8 Å². The third-order valence-corrected chi connectivity index (χ3v) is 4.08. The maximum Gasteiger partial charge on any atom is 0.123 e. The van der Waals surface area contributed by atoms with Gasteiger partial charge in [-0.05, 0) is 25.3 Å². The van der Waals surface area contributed by atoms with Gasteiger partial charge >= 0.3 is 0 Å². The first-order valence-electron chi connectivity index (χ1n) is 7.14. The van der Waals surface area contributed by atoms with Crippen LogP contribution in [-0.4, -0.2) is 18.5 Å². The number of hydrazine groups is 1. The maximum absolute atomic E-state index is 5.72. The van der Waals surface area contributed by atoms with Crippen LogP contribution in [-0.2, 0) is 0 Å². The zero-order valence-electron chi connectivity index (χ0n) is 11.1. The van der Waals surface area contributed by atoms with Crippen molar-refractivity contribution in [3.63, 3.8) is 0 Å². The summed E-state index contributed by atoms with van der Waals surface area (Å²) in [7, 11) is 0. The van der Waals surface area contributed by atoms with Crippen LogP contribution in [0, 0.1) is 0 Å². The first-order valence-corrected chi connectivity index (χ1v) is 7.14. The highest BCUT2D eigenvalue weighted by Gasteiger charge is 2.26. The minimum Gasteiger partial charge on any atom is -0.493 e. The molecule has 1 aromatic rings. The lowest BCUT2D eigenvalue weighted by Gasteiger charge is -2.27. The van der Waals surface area contributed by atoms with Gasteiger partial charge in [0.1, 0.15) is 11.6 Å². The smallest absolute Gasteiger partial charge is 0.123 e. The number of hydrogen-bond donors (Lipinski definition) is 2. The van der Waals surface area contributed by atoms with Crippen molar-refractivity contribution >= 4 is 5.84 Å². The predicted octanol–water partition coefficient (Wildman–Crippen LogP) is 2.36. The van der Waals surface area contributed by atoms with E-state index in [0.29, 0.717) is 6.04 Å². The highest BCUT2D eigenvalue weighted by molar-refractivity contribution is 5.89. The summed E-state index contributed by atoms with van der Waals surface area (Å²) in [6.07, 6.45) is 5.89. The summed E-state index contributed by atoms with van der Waals surface area (Å²) < 4.78 is 5.69. The van der Waals surface area contributed by atoms with Gasteiger partial charge in [0.2, 0.25) is 0 Å².